The van der Waals surface area contributed by atoms with Crippen LogP contribution in [-0.4, -0.2) is 125 Å². The van der Waals surface area contributed by atoms with Crippen molar-refractivity contribution in [3.8, 4) is 0 Å². The molecular weight excluding hydrogens is 782 g/mol. The molecule has 0 spiro atoms. The molecule has 0 bridgehead atoms. The highest BCUT2D eigenvalue weighted by Crippen LogP contribution is 2.13. The van der Waals surface area contributed by atoms with Crippen LogP contribution in [0.1, 0.15) is 109 Å². The molecular formula is C40H73N9O11. The fourth-order valence-corrected chi connectivity index (χ4v) is 5.83. The zero-order valence-electron chi connectivity index (χ0n) is 37.4. The van der Waals surface area contributed by atoms with Crippen LogP contribution < -0.4 is 48.3 Å². The predicted octanol–water partition coefficient (Wildman–Crippen LogP) is -1.22. The highest BCUT2D eigenvalue weighted by atomic mass is 16.4. The van der Waals surface area contributed by atoms with Crippen LogP contribution in [0.15, 0.2) is 0 Å². The van der Waals surface area contributed by atoms with E-state index >= 15 is 0 Å². The molecule has 20 nitrogen and oxygen atoms in total. The number of carboxylic acid groups (broad SMARTS) is 1. The normalized spacial score (nSPS) is 16.4. The number of amides is 8. The average molecular weight is 856 g/mol. The highest BCUT2D eigenvalue weighted by molar-refractivity contribution is 5.97. The van der Waals surface area contributed by atoms with E-state index in [1.807, 2.05) is 13.8 Å². The topological polar surface area (TPSA) is 316 Å². The second kappa shape index (κ2) is 27.1. The van der Waals surface area contributed by atoms with Crippen molar-refractivity contribution < 1.29 is 53.4 Å². The molecule has 12 N–H and O–H groups in total. The van der Waals surface area contributed by atoms with Crippen molar-refractivity contribution >= 4 is 53.2 Å². The Hall–Kier alpha value is -4.85. The lowest BCUT2D eigenvalue weighted by Gasteiger charge is -2.29. The maximum Gasteiger partial charge on any atom is 0.326 e. The first kappa shape index (κ1) is 55.2. The molecule has 0 rings (SSSR count). The Bertz CT molecular complexity index is 1470. The van der Waals surface area contributed by atoms with Gasteiger partial charge < -0.3 is 58.5 Å². The molecule has 0 aliphatic heterocycles. The maximum atomic E-state index is 13.7. The third-order valence-electron chi connectivity index (χ3n) is 9.92. The van der Waals surface area contributed by atoms with Gasteiger partial charge in [0.2, 0.25) is 47.3 Å². The number of hydrogen-bond donors (Lipinski definition) is 11. The van der Waals surface area contributed by atoms with Crippen molar-refractivity contribution in [3.05, 3.63) is 0 Å². The predicted molar refractivity (Wildman–Crippen MR) is 223 cm³/mol. The summed E-state index contributed by atoms with van der Waals surface area (Å²) in [7, 11) is 0. The van der Waals surface area contributed by atoms with Gasteiger partial charge in [-0.25, -0.2) is 4.79 Å². The van der Waals surface area contributed by atoms with E-state index in [2.05, 4.69) is 42.5 Å². The van der Waals surface area contributed by atoms with Crippen LogP contribution in [-0.2, 0) is 43.2 Å². The molecule has 0 aromatic rings. The molecule has 0 aromatic carbocycles. The van der Waals surface area contributed by atoms with Gasteiger partial charge in [-0.3, -0.25) is 38.4 Å². The quantitative estimate of drug-likeness (QED) is 0.0464. The minimum atomic E-state index is -1.55. The zero-order valence-corrected chi connectivity index (χ0v) is 37.4. The smallest absolute Gasteiger partial charge is 0.326 e. The summed E-state index contributed by atoms with van der Waals surface area (Å²) in [6, 6.07) is -8.13. The first-order chi connectivity index (χ1) is 27.8. The molecule has 0 aliphatic rings. The summed E-state index contributed by atoms with van der Waals surface area (Å²) in [6.07, 6.45) is -0.0299. The summed E-state index contributed by atoms with van der Waals surface area (Å²) >= 11 is 0. The largest absolute Gasteiger partial charge is 0.480 e. The first-order valence-electron chi connectivity index (χ1n) is 20.8. The van der Waals surface area contributed by atoms with E-state index in [1.165, 1.54) is 13.8 Å². The van der Waals surface area contributed by atoms with Crippen molar-refractivity contribution in [2.45, 2.75) is 157 Å². The van der Waals surface area contributed by atoms with Gasteiger partial charge in [0, 0.05) is 0 Å². The Morgan fingerprint density at radius 3 is 1.35 bits per heavy atom. The van der Waals surface area contributed by atoms with Crippen LogP contribution in [0.25, 0.3) is 0 Å². The van der Waals surface area contributed by atoms with Gasteiger partial charge in [0.1, 0.15) is 36.3 Å². The van der Waals surface area contributed by atoms with E-state index in [9.17, 15) is 53.4 Å². The molecule has 0 heterocycles. The molecule has 344 valence electrons. The number of aliphatic hydroxyl groups excluding tert-OH is 1. The van der Waals surface area contributed by atoms with Crippen LogP contribution >= 0.6 is 0 Å². The number of carboxylic acids is 1. The van der Waals surface area contributed by atoms with E-state index in [1.54, 1.807) is 55.4 Å². The van der Waals surface area contributed by atoms with Gasteiger partial charge in [0.15, 0.2) is 0 Å². The van der Waals surface area contributed by atoms with E-state index < -0.39 is 132 Å². The van der Waals surface area contributed by atoms with Gasteiger partial charge in [-0.1, -0.05) is 82.1 Å². The molecule has 0 aliphatic carbocycles. The van der Waals surface area contributed by atoms with Gasteiger partial charge in [-0.2, -0.15) is 0 Å². The Morgan fingerprint density at radius 2 is 0.933 bits per heavy atom. The molecule has 0 saturated carbocycles. The fourth-order valence-electron chi connectivity index (χ4n) is 5.83. The van der Waals surface area contributed by atoms with Gasteiger partial charge in [-0.05, 0) is 56.3 Å². The van der Waals surface area contributed by atoms with Crippen LogP contribution in [0.3, 0.4) is 0 Å². The number of aliphatic carboxylic acids is 1. The minimum absolute atomic E-state index is 0.0990. The van der Waals surface area contributed by atoms with Gasteiger partial charge in [0.05, 0.1) is 25.2 Å². The monoisotopic (exact) mass is 856 g/mol. The van der Waals surface area contributed by atoms with Crippen LogP contribution in [0, 0.1) is 29.6 Å². The summed E-state index contributed by atoms with van der Waals surface area (Å²) < 4.78 is 0. The number of carbonyl (C=O) groups excluding carboxylic acids is 8. The molecule has 8 amide bonds. The number of hydrogen-bond acceptors (Lipinski definition) is 11. The van der Waals surface area contributed by atoms with Crippen LogP contribution in [0.4, 0.5) is 0 Å². The summed E-state index contributed by atoms with van der Waals surface area (Å²) in [5.41, 5.74) is 5.87. The van der Waals surface area contributed by atoms with E-state index in [-0.39, 0.29) is 18.3 Å². The standard InChI is InChI=1S/C40H73N9O11/c1-13-22(9)31(46-28(51)17-42-34(53)24(11)44-35(54)26(41)15-19(3)4)37(56)43-18-29(52)47-32(23(10)14-2)38(57)45-27(16-20(5)6)36(55)49-33(25(12)50)39(58)48-30(21(7)8)40(59)60/h19-27,30-33,50H,13-18,41H2,1-12H3,(H,42,53)(H,43,56)(H,44,54)(H,45,57)(H,46,51)(H,47,52)(H,48,58)(H,49,55)(H,59,60). The van der Waals surface area contributed by atoms with E-state index in [4.69, 9.17) is 5.73 Å². The minimum Gasteiger partial charge on any atom is -0.480 e. The second-order valence-corrected chi connectivity index (χ2v) is 16.7. The summed E-state index contributed by atoms with van der Waals surface area (Å²) in [5.74, 6) is -8.40. The summed E-state index contributed by atoms with van der Waals surface area (Å²) in [5, 5.41) is 39.8. The van der Waals surface area contributed by atoms with E-state index in [0.717, 1.165) is 0 Å². The maximum absolute atomic E-state index is 13.7. The van der Waals surface area contributed by atoms with Crippen molar-refractivity contribution in [2.24, 2.45) is 35.3 Å². The molecule has 0 fully saturated rings. The Balaban J connectivity index is 5.73. The summed E-state index contributed by atoms with van der Waals surface area (Å²) in [4.78, 5) is 116. The number of nitrogens with two attached hydrogens (primary N) is 1. The lowest BCUT2D eigenvalue weighted by Crippen LogP contribution is -2.61. The number of carbonyl (C=O) groups is 9. The molecule has 0 radical (unpaired) electrons. The van der Waals surface area contributed by atoms with E-state index in [0.29, 0.717) is 19.3 Å². The Morgan fingerprint density at radius 1 is 0.500 bits per heavy atom. The Kier molecular flexibility index (Phi) is 24.9. The van der Waals surface area contributed by atoms with Gasteiger partial charge in [-0.15, -0.1) is 0 Å². The number of nitrogens with one attached hydrogen (secondary N) is 8. The lowest BCUT2D eigenvalue weighted by atomic mass is 9.96. The zero-order chi connectivity index (χ0) is 46.6. The van der Waals surface area contributed by atoms with Crippen LogP contribution in [0.2, 0.25) is 0 Å². The summed E-state index contributed by atoms with van der Waals surface area (Å²) in [6.45, 7) is 19.2. The molecule has 60 heavy (non-hydrogen) atoms. The third kappa shape index (κ3) is 19.9. The molecule has 0 aromatic heterocycles. The van der Waals surface area contributed by atoms with Crippen molar-refractivity contribution in [1.29, 1.82) is 0 Å². The lowest BCUT2D eigenvalue weighted by molar-refractivity contribution is -0.144. The molecule has 20 heteroatoms. The fraction of sp³-hybridized carbons (Fsp3) is 0.775. The van der Waals surface area contributed by atoms with Gasteiger partial charge >= 0.3 is 5.97 Å². The highest BCUT2D eigenvalue weighted by Gasteiger charge is 2.35. The Labute approximate surface area is 354 Å². The molecule has 10 atom stereocenters. The molecule has 10 unspecified atom stereocenters. The van der Waals surface area contributed by atoms with Gasteiger partial charge in [0.25, 0.3) is 0 Å². The third-order valence-corrected chi connectivity index (χ3v) is 9.92. The van der Waals surface area contributed by atoms with Crippen molar-refractivity contribution in [2.75, 3.05) is 13.1 Å². The molecule has 0 saturated heterocycles. The first-order valence-corrected chi connectivity index (χ1v) is 20.8. The SMILES string of the molecule is CCC(C)C(NC(=O)CNC(=O)C(C)NC(=O)C(N)CC(C)C)C(=O)NCC(=O)NC(C(=O)NC(CC(C)C)C(=O)NC(C(=O)NC(C(=O)O)C(C)C)C(C)O)C(C)CC. The van der Waals surface area contributed by atoms with Crippen LogP contribution in [0.5, 0.6) is 0 Å². The number of aliphatic hydroxyl groups is 1. The van der Waals surface area contributed by atoms with Crippen molar-refractivity contribution in [1.82, 2.24) is 42.5 Å². The second-order valence-electron chi connectivity index (χ2n) is 16.7. The van der Waals surface area contributed by atoms with Crippen molar-refractivity contribution in [3.63, 3.8) is 0 Å². The average Bonchev–Trinajstić information content (AvgIpc) is 3.15. The number of rotatable bonds is 27.